The first-order valence-electron chi connectivity index (χ1n) is 34.2. The molecule has 9 unspecified atom stereocenters. The molecule has 0 spiro atoms. The minimum Gasteiger partial charge on any atom is -0.502 e. The van der Waals surface area contributed by atoms with Gasteiger partial charge >= 0.3 is 18.1 Å². The van der Waals surface area contributed by atoms with E-state index in [0.717, 1.165) is 41.2 Å². The molecule has 9 atom stereocenters. The zero-order valence-electron chi connectivity index (χ0n) is 58.1. The van der Waals surface area contributed by atoms with Crippen LogP contribution in [0.4, 0.5) is 13.2 Å². The van der Waals surface area contributed by atoms with Crippen LogP contribution in [0.1, 0.15) is 86.8 Å². The number of hydrogen-bond donors (Lipinski definition) is 6. The van der Waals surface area contributed by atoms with Gasteiger partial charge in [-0.15, -0.1) is 0 Å². The first-order valence-corrected chi connectivity index (χ1v) is 34.2. The van der Waals surface area contributed by atoms with Crippen LogP contribution < -0.4 is 0 Å². The maximum absolute atomic E-state index is 13.6. The van der Waals surface area contributed by atoms with E-state index < -0.39 is 59.9 Å². The Morgan fingerprint density at radius 1 is 0.520 bits per heavy atom. The summed E-state index contributed by atoms with van der Waals surface area (Å²) < 4.78 is 72.9. The highest BCUT2D eigenvalue weighted by Crippen LogP contribution is 2.41. The summed E-state index contributed by atoms with van der Waals surface area (Å²) >= 11 is 0. The van der Waals surface area contributed by atoms with Crippen molar-refractivity contribution in [3.05, 3.63) is 234 Å². The van der Waals surface area contributed by atoms with Crippen LogP contribution in [-0.4, -0.2) is 191 Å². The van der Waals surface area contributed by atoms with Crippen LogP contribution in [-0.2, 0) is 71.4 Å². The number of halogens is 3. The zero-order chi connectivity index (χ0) is 74.0. The van der Waals surface area contributed by atoms with Crippen molar-refractivity contribution in [1.29, 1.82) is 0 Å². The number of nitrogens with zero attached hydrogens (tertiary/aromatic N) is 3. The number of amides is 3. The molecule has 3 heterocycles. The summed E-state index contributed by atoms with van der Waals surface area (Å²) in [6.45, 7) is 18.2. The van der Waals surface area contributed by atoms with Crippen molar-refractivity contribution in [1.82, 2.24) is 14.7 Å². The van der Waals surface area contributed by atoms with Crippen LogP contribution in [0.5, 0.6) is 0 Å². The van der Waals surface area contributed by atoms with E-state index in [2.05, 4.69) is 39.7 Å². The number of aryl methyl sites for hydroxylation is 2. The molecular weight excluding hydrogens is 1320 g/mol. The lowest BCUT2D eigenvalue weighted by molar-refractivity contribution is -0.143. The third kappa shape index (κ3) is 21.8. The van der Waals surface area contributed by atoms with E-state index >= 15 is 0 Å². The first-order chi connectivity index (χ1) is 49.0. The Hall–Kier alpha value is -9.36. The molecule has 3 aromatic carbocycles. The van der Waals surface area contributed by atoms with Crippen molar-refractivity contribution in [3.63, 3.8) is 0 Å². The highest BCUT2D eigenvalue weighted by atomic mass is 19.4. The van der Waals surface area contributed by atoms with Gasteiger partial charge in [-0.2, -0.15) is 13.2 Å². The summed E-state index contributed by atoms with van der Waals surface area (Å²) in [6, 6.07) is 19.9. The Morgan fingerprint density at radius 3 is 1.21 bits per heavy atom. The highest BCUT2D eigenvalue weighted by Gasteiger charge is 2.42. The largest absolute Gasteiger partial charge is 0.502 e. The normalized spacial score (nSPS) is 20.4. The van der Waals surface area contributed by atoms with E-state index in [0.29, 0.717) is 67.4 Å². The summed E-state index contributed by atoms with van der Waals surface area (Å²) in [7, 11) is 0. The summed E-state index contributed by atoms with van der Waals surface area (Å²) in [5, 5.41) is 58.3. The minimum absolute atomic E-state index is 0.0102. The molecule has 3 aliphatic heterocycles. The summed E-state index contributed by atoms with van der Waals surface area (Å²) in [5.74, 6) is -0.839. The number of allylic oxidation sites excluding steroid dienone is 3. The van der Waals surface area contributed by atoms with E-state index in [4.69, 9.17) is 28.4 Å². The highest BCUT2D eigenvalue weighted by molar-refractivity contribution is 6.22. The zero-order valence-corrected chi connectivity index (χ0v) is 58.1. The molecule has 3 aliphatic carbocycles. The maximum atomic E-state index is 13.6. The number of ether oxygens (including phenoxy) is 6. The molecule has 23 heteroatoms. The maximum Gasteiger partial charge on any atom is 0.417 e. The quantitative estimate of drug-likeness (QED) is 0.0143. The third-order valence-corrected chi connectivity index (χ3v) is 17.4. The number of carbonyl (C=O) groups is 5. The predicted octanol–water partition coefficient (Wildman–Crippen LogP) is 9.26. The number of aliphatic hydroxyl groups excluding tert-OH is 6. The van der Waals surface area contributed by atoms with Crippen molar-refractivity contribution in [2.24, 2.45) is 17.8 Å². The Labute approximate surface area is 594 Å². The molecular formula is C79H94F3N3O17. The Balaban J connectivity index is 0.000000215. The molecule has 102 heavy (non-hydrogen) atoms. The molecule has 6 N–H and O–H groups in total. The molecule has 20 nitrogen and oxygen atoms in total. The fourth-order valence-electron chi connectivity index (χ4n) is 12.1. The van der Waals surface area contributed by atoms with Crippen LogP contribution in [0.25, 0.3) is 16.7 Å². The molecule has 3 aromatic rings. The van der Waals surface area contributed by atoms with Crippen molar-refractivity contribution >= 4 is 46.4 Å². The van der Waals surface area contributed by atoms with Gasteiger partial charge in [-0.05, 0) is 116 Å². The number of aliphatic hydroxyl groups is 6. The number of fused-ring (bicyclic) bond motifs is 3. The fourth-order valence-corrected chi connectivity index (χ4v) is 12.1. The van der Waals surface area contributed by atoms with Gasteiger partial charge in [0, 0.05) is 91.5 Å². The SMILES string of the molecule is C=C(C)C(=O)OCC(O)COC1=CC2C(C=C1)C=C(c1ccccc1C(F)(F)F)C(=O)N2CCCO.C=C(C)C(=O)OCC(O)COC1=CC2C(C=C1)C=C(c1ccccc1CC)C(=O)N2CCCO.C=COCCC(O)COC1=CC2C(C=C1)C=C(c1ccccc1CC)C(=O)N2CCCO. The molecule has 0 bridgehead atoms. The molecule has 0 radical (unpaired) electrons. The molecule has 548 valence electrons. The van der Waals surface area contributed by atoms with E-state index in [1.807, 2.05) is 96.0 Å². The molecule has 0 saturated heterocycles. The first kappa shape index (κ1) is 80.0. The Bertz CT molecular complexity index is 3750. The average Bonchev–Trinajstić information content (AvgIpc) is 0.772. The van der Waals surface area contributed by atoms with Crippen molar-refractivity contribution < 1.29 is 96.2 Å². The molecule has 0 saturated carbocycles. The van der Waals surface area contributed by atoms with Gasteiger partial charge in [0.05, 0.1) is 42.7 Å². The number of hydrogen-bond acceptors (Lipinski definition) is 17. The lowest BCUT2D eigenvalue weighted by Gasteiger charge is -2.39. The van der Waals surface area contributed by atoms with Gasteiger partial charge in [-0.25, -0.2) is 9.59 Å². The van der Waals surface area contributed by atoms with Crippen LogP contribution in [0.15, 0.2) is 200 Å². The predicted molar refractivity (Wildman–Crippen MR) is 379 cm³/mol. The lowest BCUT2D eigenvalue weighted by Crippen LogP contribution is -2.48. The minimum atomic E-state index is -4.63. The fraction of sp³-hybridized carbons (Fsp3) is 0.405. The van der Waals surface area contributed by atoms with Gasteiger partial charge in [0.1, 0.15) is 62.5 Å². The summed E-state index contributed by atoms with van der Waals surface area (Å²) in [6.07, 6.45) is 19.4. The van der Waals surface area contributed by atoms with E-state index in [1.165, 1.54) is 49.3 Å². The standard InChI is InChI=1S/C27H33NO6.C26H28F3NO6.C26H33NO5/c1-4-19-8-5-6-9-23(19)24-14-20-10-11-22(15-25(20)28(26(24)31)12-7-13-29)33-16-21(30)17-34-27(32)18(2)3;1-16(2)25(34)36-15-18(32)14-35-19-9-8-17-12-21(20-6-3-4-7-22(20)26(27,28)29)24(33)30(10-5-11-31)23(17)13-19;1-3-19-8-5-6-9-23(19)24-16-20-10-11-22(32-18-21(29)12-15-31-4-2)17-25(20)27(26(24)30)13-7-14-28/h5-6,8-11,14-15,20-21,25,29-30H,2,4,7,12-13,16-17H2,1,3H3;3-4,6-9,12-13,17-18,23,31-32H,1,5,10-11,14-15H2,2H3;4-6,8-11,16-17,20-21,25,28-29H,2-3,7,12-15,18H2,1H3. The molecule has 0 fully saturated rings. The van der Waals surface area contributed by atoms with E-state index in [9.17, 15) is 67.8 Å². The van der Waals surface area contributed by atoms with Crippen LogP contribution in [0, 0.1) is 17.8 Å². The van der Waals surface area contributed by atoms with E-state index in [1.54, 1.807) is 23.1 Å². The monoisotopic (exact) mass is 1410 g/mol. The van der Waals surface area contributed by atoms with Crippen LogP contribution in [0.3, 0.4) is 0 Å². The van der Waals surface area contributed by atoms with Gasteiger partial charge < -0.3 is 73.8 Å². The van der Waals surface area contributed by atoms with Gasteiger partial charge in [0.25, 0.3) is 17.7 Å². The smallest absolute Gasteiger partial charge is 0.417 e. The Kier molecular flexibility index (Phi) is 30.7. The number of esters is 2. The van der Waals surface area contributed by atoms with Gasteiger partial charge in [-0.3, -0.25) is 14.4 Å². The van der Waals surface area contributed by atoms with E-state index in [-0.39, 0.29) is 124 Å². The van der Waals surface area contributed by atoms with Crippen molar-refractivity contribution in [2.45, 2.75) is 109 Å². The second-order valence-corrected chi connectivity index (χ2v) is 25.0. The third-order valence-electron chi connectivity index (χ3n) is 17.4. The van der Waals surface area contributed by atoms with Crippen molar-refractivity contribution in [2.75, 3.05) is 79.1 Å². The Morgan fingerprint density at radius 2 is 0.863 bits per heavy atom. The molecule has 9 rings (SSSR count). The topological polar surface area (TPSA) is 272 Å². The van der Waals surface area contributed by atoms with Crippen LogP contribution >= 0.6 is 0 Å². The summed E-state index contributed by atoms with van der Waals surface area (Å²) in [5.41, 5.74) is 4.85. The molecule has 3 amide bonds. The number of rotatable bonds is 33. The second-order valence-electron chi connectivity index (χ2n) is 25.0. The van der Waals surface area contributed by atoms with Crippen molar-refractivity contribution in [3.8, 4) is 0 Å². The average molecular weight is 1410 g/mol. The summed E-state index contributed by atoms with van der Waals surface area (Å²) in [4.78, 5) is 68.3. The lowest BCUT2D eigenvalue weighted by atomic mass is 9.83. The second kappa shape index (κ2) is 39.2. The number of benzene rings is 3. The van der Waals surface area contributed by atoms with Gasteiger partial charge in [0.15, 0.2) is 0 Å². The molecule has 0 aromatic heterocycles. The van der Waals surface area contributed by atoms with Gasteiger partial charge in [0.2, 0.25) is 0 Å². The number of carbonyl (C=O) groups excluding carboxylic acids is 5. The van der Waals surface area contributed by atoms with Crippen LogP contribution in [0.2, 0.25) is 0 Å². The van der Waals surface area contributed by atoms with Gasteiger partial charge in [-0.1, -0.05) is 137 Å². The number of alkyl halides is 3. The molecule has 6 aliphatic rings.